The van der Waals surface area contributed by atoms with Crippen molar-refractivity contribution in [2.75, 3.05) is 0 Å². The predicted octanol–water partition coefficient (Wildman–Crippen LogP) is 6.87. The maximum Gasteiger partial charge on any atom is 0.134 e. The van der Waals surface area contributed by atoms with Gasteiger partial charge in [0.2, 0.25) is 0 Å². The molecular formula is C18H10Br2O2. The van der Waals surface area contributed by atoms with Gasteiger partial charge in [-0.25, -0.2) is 0 Å². The van der Waals surface area contributed by atoms with Crippen LogP contribution in [0.1, 0.15) is 11.5 Å². The topological polar surface area (TPSA) is 26.3 Å². The molecule has 0 unspecified atom stereocenters. The molecule has 2 heterocycles. The Bertz CT molecular complexity index is 926. The highest BCUT2D eigenvalue weighted by Crippen LogP contribution is 2.26. The van der Waals surface area contributed by atoms with Crippen LogP contribution in [0.3, 0.4) is 0 Å². The third-order valence-electron chi connectivity index (χ3n) is 3.41. The summed E-state index contributed by atoms with van der Waals surface area (Å²) in [6, 6.07) is 15.9. The van der Waals surface area contributed by atoms with E-state index in [0.717, 1.165) is 42.4 Å². The fourth-order valence-corrected chi connectivity index (χ4v) is 3.16. The van der Waals surface area contributed by atoms with E-state index in [2.05, 4.69) is 31.9 Å². The Hall–Kier alpha value is -1.78. The van der Waals surface area contributed by atoms with Crippen molar-refractivity contribution < 1.29 is 8.83 Å². The zero-order chi connectivity index (χ0) is 15.1. The lowest BCUT2D eigenvalue weighted by molar-refractivity contribution is 0.599. The summed E-state index contributed by atoms with van der Waals surface area (Å²) in [5, 5.41) is 2.14. The second kappa shape index (κ2) is 5.45. The van der Waals surface area contributed by atoms with Crippen LogP contribution in [0.4, 0.5) is 0 Å². The Morgan fingerprint density at radius 3 is 1.55 bits per heavy atom. The number of hydrogen-bond acceptors (Lipinski definition) is 2. The van der Waals surface area contributed by atoms with Crippen LogP contribution in [-0.4, -0.2) is 0 Å². The minimum Gasteiger partial charge on any atom is -0.457 e. The van der Waals surface area contributed by atoms with Gasteiger partial charge in [-0.2, -0.15) is 0 Å². The van der Waals surface area contributed by atoms with Crippen molar-refractivity contribution in [2.45, 2.75) is 0 Å². The Kier molecular flexibility index (Phi) is 3.43. The van der Waals surface area contributed by atoms with Gasteiger partial charge < -0.3 is 8.83 Å². The van der Waals surface area contributed by atoms with E-state index in [1.54, 1.807) is 0 Å². The SMILES string of the molecule is Brc1ccc2oc(/C=C/c3cc4cc(Br)ccc4o3)cc2c1. The van der Waals surface area contributed by atoms with Crippen LogP contribution >= 0.6 is 31.9 Å². The van der Waals surface area contributed by atoms with Gasteiger partial charge in [0.1, 0.15) is 22.7 Å². The molecule has 0 amide bonds. The molecule has 2 nitrogen and oxygen atoms in total. The molecule has 0 aliphatic rings. The molecule has 0 aliphatic heterocycles. The van der Waals surface area contributed by atoms with Gasteiger partial charge >= 0.3 is 0 Å². The smallest absolute Gasteiger partial charge is 0.134 e. The Morgan fingerprint density at radius 2 is 1.09 bits per heavy atom. The van der Waals surface area contributed by atoms with E-state index in [4.69, 9.17) is 8.83 Å². The molecule has 4 heteroatoms. The summed E-state index contributed by atoms with van der Waals surface area (Å²) in [6.45, 7) is 0. The summed E-state index contributed by atoms with van der Waals surface area (Å²) < 4.78 is 13.6. The van der Waals surface area contributed by atoms with Gasteiger partial charge in [-0.1, -0.05) is 31.9 Å². The lowest BCUT2D eigenvalue weighted by Crippen LogP contribution is -1.62. The third kappa shape index (κ3) is 2.64. The maximum atomic E-state index is 5.78. The van der Waals surface area contributed by atoms with E-state index in [9.17, 15) is 0 Å². The van der Waals surface area contributed by atoms with Crippen LogP contribution in [0.15, 0.2) is 66.3 Å². The molecule has 0 radical (unpaired) electrons. The standard InChI is InChI=1S/C18H10Br2O2/c19-13-1-5-17-11(7-13)9-15(21-17)3-4-16-10-12-8-14(20)2-6-18(12)22-16/h1-10H/b4-3+. The summed E-state index contributed by atoms with van der Waals surface area (Å²) >= 11 is 6.93. The molecule has 22 heavy (non-hydrogen) atoms. The highest BCUT2D eigenvalue weighted by Gasteiger charge is 2.04. The third-order valence-corrected chi connectivity index (χ3v) is 4.39. The van der Waals surface area contributed by atoms with E-state index in [1.165, 1.54) is 0 Å². The van der Waals surface area contributed by atoms with E-state index < -0.39 is 0 Å². The molecule has 0 spiro atoms. The second-order valence-corrected chi connectivity index (χ2v) is 6.83. The number of rotatable bonds is 2. The first-order chi connectivity index (χ1) is 10.7. The summed E-state index contributed by atoms with van der Waals surface area (Å²) in [5.74, 6) is 1.60. The average molecular weight is 418 g/mol. The van der Waals surface area contributed by atoms with Crippen molar-refractivity contribution in [3.8, 4) is 0 Å². The van der Waals surface area contributed by atoms with E-state index in [1.807, 2.05) is 60.7 Å². The van der Waals surface area contributed by atoms with Crippen LogP contribution in [-0.2, 0) is 0 Å². The van der Waals surface area contributed by atoms with Crippen LogP contribution in [0, 0.1) is 0 Å². The average Bonchev–Trinajstić information content (AvgIpc) is 3.07. The molecule has 0 atom stereocenters. The fraction of sp³-hybridized carbons (Fsp3) is 0. The van der Waals surface area contributed by atoms with Crippen LogP contribution in [0.5, 0.6) is 0 Å². The molecule has 0 bridgehead atoms. The molecule has 0 saturated carbocycles. The molecular weight excluding hydrogens is 408 g/mol. The minimum atomic E-state index is 0.801. The van der Waals surface area contributed by atoms with Gasteiger partial charge in [-0.15, -0.1) is 0 Å². The van der Waals surface area contributed by atoms with Crippen molar-refractivity contribution in [1.82, 2.24) is 0 Å². The normalized spacial score (nSPS) is 11.9. The molecule has 108 valence electrons. The van der Waals surface area contributed by atoms with Gasteiger partial charge in [-0.05, 0) is 60.7 Å². The molecule has 0 fully saturated rings. The van der Waals surface area contributed by atoms with Crippen LogP contribution < -0.4 is 0 Å². The zero-order valence-electron chi connectivity index (χ0n) is 11.3. The van der Waals surface area contributed by atoms with Gasteiger partial charge in [-0.3, -0.25) is 0 Å². The number of halogens is 2. The van der Waals surface area contributed by atoms with Gasteiger partial charge in [0.05, 0.1) is 0 Å². The number of hydrogen-bond donors (Lipinski definition) is 0. The molecule has 0 saturated heterocycles. The van der Waals surface area contributed by atoms with E-state index in [0.29, 0.717) is 0 Å². The first-order valence-electron chi connectivity index (χ1n) is 6.74. The quantitative estimate of drug-likeness (QED) is 0.355. The predicted molar refractivity (Wildman–Crippen MR) is 96.8 cm³/mol. The summed E-state index contributed by atoms with van der Waals surface area (Å²) in [7, 11) is 0. The van der Waals surface area contributed by atoms with Gasteiger partial charge in [0, 0.05) is 19.7 Å². The highest BCUT2D eigenvalue weighted by atomic mass is 79.9. The maximum absolute atomic E-state index is 5.78. The minimum absolute atomic E-state index is 0.801. The summed E-state index contributed by atoms with van der Waals surface area (Å²) in [5.41, 5.74) is 1.74. The van der Waals surface area contributed by atoms with Crippen molar-refractivity contribution in [1.29, 1.82) is 0 Å². The zero-order valence-corrected chi connectivity index (χ0v) is 14.5. The molecule has 0 aliphatic carbocycles. The second-order valence-electron chi connectivity index (χ2n) is 5.00. The molecule has 4 rings (SSSR count). The fourth-order valence-electron chi connectivity index (χ4n) is 2.40. The first-order valence-corrected chi connectivity index (χ1v) is 8.32. The molecule has 4 aromatic rings. The van der Waals surface area contributed by atoms with Gasteiger partial charge in [0.25, 0.3) is 0 Å². The van der Waals surface area contributed by atoms with Crippen molar-refractivity contribution in [3.05, 3.63) is 69.0 Å². The largest absolute Gasteiger partial charge is 0.457 e. The molecule has 2 aromatic heterocycles. The molecule has 0 N–H and O–H groups in total. The van der Waals surface area contributed by atoms with Crippen LogP contribution in [0.25, 0.3) is 34.1 Å². The monoisotopic (exact) mass is 416 g/mol. The Balaban J connectivity index is 1.68. The van der Waals surface area contributed by atoms with Crippen LogP contribution in [0.2, 0.25) is 0 Å². The number of fused-ring (bicyclic) bond motifs is 2. The van der Waals surface area contributed by atoms with Crippen molar-refractivity contribution in [2.24, 2.45) is 0 Å². The van der Waals surface area contributed by atoms with Crippen molar-refractivity contribution >= 4 is 66.0 Å². The highest BCUT2D eigenvalue weighted by molar-refractivity contribution is 9.10. The Labute approximate surface area is 143 Å². The van der Waals surface area contributed by atoms with Gasteiger partial charge in [0.15, 0.2) is 0 Å². The number of benzene rings is 2. The van der Waals surface area contributed by atoms with Crippen molar-refractivity contribution in [3.63, 3.8) is 0 Å². The van der Waals surface area contributed by atoms with E-state index in [-0.39, 0.29) is 0 Å². The Morgan fingerprint density at radius 1 is 0.636 bits per heavy atom. The summed E-state index contributed by atoms with van der Waals surface area (Å²) in [4.78, 5) is 0. The first kappa shape index (κ1) is 13.9. The molecule has 2 aromatic carbocycles. The summed E-state index contributed by atoms with van der Waals surface area (Å²) in [6.07, 6.45) is 3.83. The number of furan rings is 2. The lowest BCUT2D eigenvalue weighted by atomic mass is 10.2. The van der Waals surface area contributed by atoms with E-state index >= 15 is 0 Å². The lowest BCUT2D eigenvalue weighted by Gasteiger charge is -1.88.